The number of para-hydroxylation sites is 1. The average molecular weight is 266 g/mol. The Bertz CT molecular complexity index is 661. The molecule has 1 amide bonds. The van der Waals surface area contributed by atoms with E-state index in [9.17, 15) is 4.79 Å². The van der Waals surface area contributed by atoms with Crippen LogP contribution in [0.1, 0.15) is 23.0 Å². The minimum Gasteiger partial charge on any atom is -0.370 e. The molecule has 0 unspecified atom stereocenters. The molecule has 0 atom stereocenters. The van der Waals surface area contributed by atoms with E-state index in [-0.39, 0.29) is 5.91 Å². The quantitative estimate of drug-likeness (QED) is 0.891. The number of hydrogen-bond acceptors (Lipinski definition) is 4. The van der Waals surface area contributed by atoms with Gasteiger partial charge in [0.2, 0.25) is 0 Å². The van der Waals surface area contributed by atoms with E-state index in [0.717, 1.165) is 6.54 Å². The average Bonchev–Trinajstić information content (AvgIpc) is 2.48. The van der Waals surface area contributed by atoms with Crippen molar-refractivity contribution in [3.8, 4) is 6.07 Å². The van der Waals surface area contributed by atoms with Crippen LogP contribution < -0.4 is 10.6 Å². The summed E-state index contributed by atoms with van der Waals surface area (Å²) in [6.45, 7) is 2.69. The number of pyridine rings is 1. The first-order chi connectivity index (χ1) is 9.74. The molecule has 2 rings (SSSR count). The molecule has 0 fully saturated rings. The molecule has 0 aliphatic heterocycles. The Balaban J connectivity index is 2.20. The summed E-state index contributed by atoms with van der Waals surface area (Å²) in [7, 11) is 0. The van der Waals surface area contributed by atoms with Gasteiger partial charge >= 0.3 is 0 Å². The SMILES string of the molecule is CCNc1cccc(C(=O)Nc2ccccc2C#N)n1. The molecule has 0 aliphatic rings. The van der Waals surface area contributed by atoms with E-state index in [2.05, 4.69) is 15.6 Å². The second-order valence-corrected chi connectivity index (χ2v) is 4.05. The number of amides is 1. The summed E-state index contributed by atoms with van der Waals surface area (Å²) in [6, 6.07) is 14.1. The van der Waals surface area contributed by atoms with Crippen LogP contribution in [0.15, 0.2) is 42.5 Å². The van der Waals surface area contributed by atoms with Crippen LogP contribution in [0.5, 0.6) is 0 Å². The van der Waals surface area contributed by atoms with Gasteiger partial charge in [-0.2, -0.15) is 5.26 Å². The van der Waals surface area contributed by atoms with E-state index in [4.69, 9.17) is 5.26 Å². The number of carbonyl (C=O) groups excluding carboxylic acids is 1. The van der Waals surface area contributed by atoms with Gasteiger partial charge in [0.05, 0.1) is 11.3 Å². The predicted octanol–water partition coefficient (Wildman–Crippen LogP) is 2.64. The molecular weight excluding hydrogens is 252 g/mol. The number of nitriles is 1. The van der Waals surface area contributed by atoms with Crippen LogP contribution in [0.4, 0.5) is 11.5 Å². The Morgan fingerprint density at radius 2 is 2.05 bits per heavy atom. The highest BCUT2D eigenvalue weighted by Crippen LogP contribution is 2.15. The molecule has 20 heavy (non-hydrogen) atoms. The van der Waals surface area contributed by atoms with Gasteiger partial charge in [-0.25, -0.2) is 4.98 Å². The Kier molecular flexibility index (Phi) is 4.30. The predicted molar refractivity (Wildman–Crippen MR) is 77.5 cm³/mol. The Morgan fingerprint density at radius 3 is 2.80 bits per heavy atom. The number of hydrogen-bond donors (Lipinski definition) is 2. The number of benzene rings is 1. The first-order valence-corrected chi connectivity index (χ1v) is 6.26. The fourth-order valence-electron chi connectivity index (χ4n) is 1.72. The lowest BCUT2D eigenvalue weighted by atomic mass is 10.2. The van der Waals surface area contributed by atoms with Gasteiger partial charge in [0.25, 0.3) is 5.91 Å². The molecule has 1 heterocycles. The Labute approximate surface area is 117 Å². The van der Waals surface area contributed by atoms with Gasteiger partial charge in [-0.3, -0.25) is 4.79 Å². The lowest BCUT2D eigenvalue weighted by Crippen LogP contribution is -2.15. The molecular formula is C15H14N4O. The zero-order chi connectivity index (χ0) is 14.4. The third kappa shape index (κ3) is 3.12. The van der Waals surface area contributed by atoms with Crippen molar-refractivity contribution < 1.29 is 4.79 Å². The maximum Gasteiger partial charge on any atom is 0.274 e. The van der Waals surface area contributed by atoms with Gasteiger partial charge < -0.3 is 10.6 Å². The lowest BCUT2D eigenvalue weighted by molar-refractivity contribution is 0.102. The van der Waals surface area contributed by atoms with Gasteiger partial charge in [0.1, 0.15) is 17.6 Å². The molecule has 1 aromatic carbocycles. The molecule has 1 aromatic heterocycles. The van der Waals surface area contributed by atoms with Crippen LogP contribution in [0, 0.1) is 11.3 Å². The molecule has 0 spiro atoms. The summed E-state index contributed by atoms with van der Waals surface area (Å²) < 4.78 is 0. The number of anilines is 2. The van der Waals surface area contributed by atoms with Crippen LogP contribution >= 0.6 is 0 Å². The van der Waals surface area contributed by atoms with Crippen LogP contribution in [-0.2, 0) is 0 Å². The molecule has 0 saturated carbocycles. The van der Waals surface area contributed by atoms with Gasteiger partial charge in [0.15, 0.2) is 0 Å². The summed E-state index contributed by atoms with van der Waals surface area (Å²) >= 11 is 0. The monoisotopic (exact) mass is 266 g/mol. The van der Waals surface area contributed by atoms with Crippen molar-refractivity contribution in [1.29, 1.82) is 5.26 Å². The largest absolute Gasteiger partial charge is 0.370 e. The van der Waals surface area contributed by atoms with Crippen molar-refractivity contribution in [3.05, 3.63) is 53.7 Å². The summed E-state index contributed by atoms with van der Waals surface area (Å²) in [6.07, 6.45) is 0. The molecule has 5 heteroatoms. The highest BCUT2D eigenvalue weighted by Gasteiger charge is 2.10. The molecule has 0 aliphatic carbocycles. The second-order valence-electron chi connectivity index (χ2n) is 4.05. The van der Waals surface area contributed by atoms with Crippen molar-refractivity contribution in [2.45, 2.75) is 6.92 Å². The molecule has 0 bridgehead atoms. The van der Waals surface area contributed by atoms with Crippen molar-refractivity contribution in [2.24, 2.45) is 0 Å². The van der Waals surface area contributed by atoms with E-state index < -0.39 is 0 Å². The van der Waals surface area contributed by atoms with E-state index in [1.54, 1.807) is 42.5 Å². The van der Waals surface area contributed by atoms with Gasteiger partial charge in [-0.05, 0) is 31.2 Å². The van der Waals surface area contributed by atoms with Crippen LogP contribution in [0.3, 0.4) is 0 Å². The number of carbonyl (C=O) groups is 1. The summed E-state index contributed by atoms with van der Waals surface area (Å²) in [5.41, 5.74) is 1.20. The second kappa shape index (κ2) is 6.34. The molecule has 0 saturated heterocycles. The summed E-state index contributed by atoms with van der Waals surface area (Å²) in [4.78, 5) is 16.3. The maximum atomic E-state index is 12.1. The topological polar surface area (TPSA) is 77.8 Å². The lowest BCUT2D eigenvalue weighted by Gasteiger charge is -2.08. The smallest absolute Gasteiger partial charge is 0.274 e. The van der Waals surface area contributed by atoms with E-state index in [1.165, 1.54) is 0 Å². The van der Waals surface area contributed by atoms with Gasteiger partial charge in [-0.1, -0.05) is 18.2 Å². The molecule has 100 valence electrons. The molecule has 2 N–H and O–H groups in total. The standard InChI is InChI=1S/C15H14N4O/c1-2-17-14-9-5-8-13(18-14)15(20)19-12-7-4-3-6-11(12)10-16/h3-9H,2H2,1H3,(H,17,18)(H,19,20). The Morgan fingerprint density at radius 1 is 1.25 bits per heavy atom. The van der Waals surface area contributed by atoms with Crippen molar-refractivity contribution >= 4 is 17.4 Å². The van der Waals surface area contributed by atoms with Crippen LogP contribution in [-0.4, -0.2) is 17.4 Å². The third-order valence-corrected chi connectivity index (χ3v) is 2.64. The first-order valence-electron chi connectivity index (χ1n) is 6.26. The van der Waals surface area contributed by atoms with Crippen molar-refractivity contribution in [1.82, 2.24) is 4.98 Å². The summed E-state index contributed by atoms with van der Waals surface area (Å²) in [5, 5.41) is 14.7. The number of nitrogens with one attached hydrogen (secondary N) is 2. The van der Waals surface area contributed by atoms with Crippen molar-refractivity contribution in [3.63, 3.8) is 0 Å². The van der Waals surface area contributed by atoms with E-state index in [1.807, 2.05) is 13.0 Å². The summed E-state index contributed by atoms with van der Waals surface area (Å²) in [5.74, 6) is 0.307. The fraction of sp³-hybridized carbons (Fsp3) is 0.133. The highest BCUT2D eigenvalue weighted by atomic mass is 16.1. The third-order valence-electron chi connectivity index (χ3n) is 2.64. The maximum absolute atomic E-state index is 12.1. The normalized spacial score (nSPS) is 9.60. The van der Waals surface area contributed by atoms with Gasteiger partial charge in [0, 0.05) is 6.54 Å². The van der Waals surface area contributed by atoms with E-state index >= 15 is 0 Å². The number of nitrogens with zero attached hydrogens (tertiary/aromatic N) is 2. The molecule has 5 nitrogen and oxygen atoms in total. The first kappa shape index (κ1) is 13.6. The zero-order valence-corrected chi connectivity index (χ0v) is 11.1. The zero-order valence-electron chi connectivity index (χ0n) is 11.1. The number of aromatic nitrogens is 1. The van der Waals surface area contributed by atoms with E-state index in [0.29, 0.717) is 22.8 Å². The molecule has 2 aromatic rings. The van der Waals surface area contributed by atoms with Gasteiger partial charge in [-0.15, -0.1) is 0 Å². The minimum absolute atomic E-state index is 0.302. The highest BCUT2D eigenvalue weighted by molar-refractivity contribution is 6.03. The Hall–Kier alpha value is -2.87. The van der Waals surface area contributed by atoms with Crippen molar-refractivity contribution in [2.75, 3.05) is 17.2 Å². The van der Waals surface area contributed by atoms with Crippen LogP contribution in [0.2, 0.25) is 0 Å². The van der Waals surface area contributed by atoms with Crippen LogP contribution in [0.25, 0.3) is 0 Å². The number of rotatable bonds is 4. The molecule has 0 radical (unpaired) electrons. The minimum atomic E-state index is -0.340. The fourth-order valence-corrected chi connectivity index (χ4v) is 1.72.